The normalized spacial score (nSPS) is 24.9. The summed E-state index contributed by atoms with van der Waals surface area (Å²) in [5.41, 5.74) is 26.1. The number of rotatable bonds is 14. The van der Waals surface area contributed by atoms with Crippen molar-refractivity contribution < 1.29 is 43.9 Å². The zero-order valence-electron chi connectivity index (χ0n) is 33.2. The van der Waals surface area contributed by atoms with Crippen molar-refractivity contribution in [3.8, 4) is 0 Å². The van der Waals surface area contributed by atoms with E-state index in [1.165, 1.54) is 40.6 Å². The minimum atomic E-state index is -1.21. The van der Waals surface area contributed by atoms with E-state index in [2.05, 4.69) is 25.3 Å². The lowest BCUT2D eigenvalue weighted by molar-refractivity contribution is -0.140. The summed E-state index contributed by atoms with van der Waals surface area (Å²) in [7, 11) is 0. The number of fused-ring (bicyclic) bond motifs is 2. The SMILES string of the molecule is CCCC(N)C(=O)N(Cc1ccccc1)C1[C@@H](O)[C@@H](CO)O[C@H]1n1cnc2c(N)ncnc21.CCCC(N)C(=O)NC1[C@@H](O)[C@@H](CO)O[C@H]1n1cnc2c(N)ccc(F)c21. The Balaban J connectivity index is 0.000000205. The second kappa shape index (κ2) is 19.3. The minimum absolute atomic E-state index is 0.0860. The Morgan fingerprint density at radius 1 is 0.850 bits per heavy atom. The minimum Gasteiger partial charge on any atom is -0.397 e. The fraction of sp³-hybridized carbons (Fsp3) is 0.487. The van der Waals surface area contributed by atoms with E-state index in [1.54, 1.807) is 4.57 Å². The van der Waals surface area contributed by atoms with Gasteiger partial charge in [0.15, 0.2) is 23.9 Å². The van der Waals surface area contributed by atoms with E-state index in [-0.39, 0.29) is 35.0 Å². The van der Waals surface area contributed by atoms with Gasteiger partial charge in [0, 0.05) is 6.54 Å². The van der Waals surface area contributed by atoms with Crippen molar-refractivity contribution in [2.75, 3.05) is 24.7 Å². The lowest BCUT2D eigenvalue weighted by Crippen LogP contribution is -2.54. The van der Waals surface area contributed by atoms with Crippen molar-refractivity contribution in [1.82, 2.24) is 39.3 Å². The summed E-state index contributed by atoms with van der Waals surface area (Å²) < 4.78 is 29.1. The lowest BCUT2D eigenvalue weighted by atomic mass is 10.0. The molecule has 13 N–H and O–H groups in total. The Kier molecular flexibility index (Phi) is 14.2. The molecule has 20 nitrogen and oxygen atoms in total. The average molecular weight is 837 g/mol. The van der Waals surface area contributed by atoms with Crippen LogP contribution in [0.3, 0.4) is 0 Å². The molecule has 2 aliphatic heterocycles. The smallest absolute Gasteiger partial charge is 0.240 e. The molecule has 21 heteroatoms. The number of aliphatic hydroxyl groups is 4. The molecule has 5 aromatic rings. The van der Waals surface area contributed by atoms with Gasteiger partial charge in [-0.25, -0.2) is 24.3 Å². The number of hydrogen-bond acceptors (Lipinski definition) is 16. The first kappa shape index (κ1) is 44.2. The number of aliphatic hydroxyl groups excluding tert-OH is 4. The molecule has 10 atom stereocenters. The highest BCUT2D eigenvalue weighted by atomic mass is 19.1. The van der Waals surface area contributed by atoms with Crippen LogP contribution in [0.4, 0.5) is 15.9 Å². The number of benzene rings is 2. The molecule has 0 saturated carbocycles. The highest BCUT2D eigenvalue weighted by Crippen LogP contribution is 2.37. The first-order valence-corrected chi connectivity index (χ1v) is 19.7. The van der Waals surface area contributed by atoms with Crippen LogP contribution in [0.25, 0.3) is 22.2 Å². The lowest BCUT2D eigenvalue weighted by Gasteiger charge is -2.35. The summed E-state index contributed by atoms with van der Waals surface area (Å²) in [4.78, 5) is 44.0. The van der Waals surface area contributed by atoms with Crippen molar-refractivity contribution in [3.63, 3.8) is 0 Å². The predicted molar refractivity (Wildman–Crippen MR) is 216 cm³/mol. The van der Waals surface area contributed by atoms with E-state index in [9.17, 15) is 34.4 Å². The largest absolute Gasteiger partial charge is 0.397 e. The number of carbonyl (C=O) groups is 2. The summed E-state index contributed by atoms with van der Waals surface area (Å²) in [6.45, 7) is 3.17. The van der Waals surface area contributed by atoms with E-state index in [1.807, 2.05) is 44.2 Å². The van der Waals surface area contributed by atoms with Crippen molar-refractivity contribution in [2.45, 2.75) is 107 Å². The van der Waals surface area contributed by atoms with Gasteiger partial charge in [-0.15, -0.1) is 0 Å². The summed E-state index contributed by atoms with van der Waals surface area (Å²) in [5.74, 6) is -1.14. The molecule has 2 aliphatic rings. The number of ether oxygens (including phenoxy) is 2. The first-order chi connectivity index (χ1) is 28.8. The Morgan fingerprint density at radius 3 is 2.17 bits per heavy atom. The van der Waals surface area contributed by atoms with E-state index in [0.717, 1.165) is 18.4 Å². The number of nitrogens with two attached hydrogens (primary N) is 4. The zero-order valence-corrected chi connectivity index (χ0v) is 33.2. The number of nitrogens with one attached hydrogen (secondary N) is 1. The number of carbonyl (C=O) groups excluding carboxylic acids is 2. The maximum absolute atomic E-state index is 14.4. The van der Waals surface area contributed by atoms with Gasteiger partial charge in [0.25, 0.3) is 0 Å². The molecule has 2 fully saturated rings. The van der Waals surface area contributed by atoms with E-state index in [4.69, 9.17) is 32.4 Å². The van der Waals surface area contributed by atoms with Crippen LogP contribution in [-0.2, 0) is 25.6 Å². The first-order valence-electron chi connectivity index (χ1n) is 19.7. The van der Waals surface area contributed by atoms with E-state index < -0.39 is 86.0 Å². The van der Waals surface area contributed by atoms with E-state index in [0.29, 0.717) is 24.0 Å². The molecule has 2 amide bonds. The maximum atomic E-state index is 14.4. The highest BCUT2D eigenvalue weighted by Gasteiger charge is 2.50. The molecule has 60 heavy (non-hydrogen) atoms. The standard InChI is InChI=1S/C22H29N7O4.C17H24FN5O4/c1-2-6-14(23)21(32)28(9-13-7-4-3-5-8-13)17-18(31)15(10-30)33-22(17)29-12-27-16-19(24)25-11-26-20(16)29;1-2-3-10(20)16(26)22-13-15(25)11(6-24)27-17(13)23-7-21-12-9(19)5-4-8(18)14(12)23/h3-5,7-8,11-12,14-15,17-18,22,30-31H,2,6,9-10,23H2,1H3,(H2,24,25,26);4-5,7,10-11,13,15,17,24-25H,2-3,6,19-20H2,1H3,(H,22,26)/t14?,15-,17?,18+,22-;10?,11-,13?,15+,17-/m11/s1. The molecule has 3 aromatic heterocycles. The number of nitrogens with zero attached hydrogens (tertiary/aromatic N) is 7. The van der Waals surface area contributed by atoms with Crippen molar-refractivity contribution in [2.24, 2.45) is 11.5 Å². The zero-order chi connectivity index (χ0) is 43.2. The number of nitrogen functional groups attached to an aromatic ring is 2. The quantitative estimate of drug-likeness (QED) is 0.0655. The summed E-state index contributed by atoms with van der Waals surface area (Å²) in [5, 5.41) is 43.6. The monoisotopic (exact) mass is 836 g/mol. The number of imidazole rings is 2. The second-order valence-corrected chi connectivity index (χ2v) is 14.8. The summed E-state index contributed by atoms with van der Waals surface area (Å²) >= 11 is 0. The fourth-order valence-corrected chi connectivity index (χ4v) is 7.59. The molecule has 5 heterocycles. The van der Waals surface area contributed by atoms with Gasteiger partial charge in [0.2, 0.25) is 11.8 Å². The molecular formula is C39H53FN12O8. The molecule has 2 saturated heterocycles. The van der Waals surface area contributed by atoms with Gasteiger partial charge in [0.1, 0.15) is 65.2 Å². The van der Waals surface area contributed by atoms with Crippen LogP contribution in [0.1, 0.15) is 57.6 Å². The Labute approximate surface area is 344 Å². The van der Waals surface area contributed by atoms with Crippen molar-refractivity contribution in [3.05, 3.63) is 72.8 Å². The third-order valence-corrected chi connectivity index (χ3v) is 10.7. The van der Waals surface area contributed by atoms with Crippen LogP contribution in [0.2, 0.25) is 0 Å². The number of aromatic nitrogens is 6. The third kappa shape index (κ3) is 8.88. The predicted octanol–water partition coefficient (Wildman–Crippen LogP) is -0.196. The van der Waals surface area contributed by atoms with Gasteiger partial charge in [-0.3, -0.25) is 18.7 Å². The number of halogens is 1. The van der Waals surface area contributed by atoms with Crippen LogP contribution < -0.4 is 28.3 Å². The van der Waals surface area contributed by atoms with Gasteiger partial charge in [-0.2, -0.15) is 0 Å². The average Bonchev–Trinajstić information content (AvgIpc) is 4.03. The molecular weight excluding hydrogens is 784 g/mol. The Bertz CT molecular complexity index is 2230. The Morgan fingerprint density at radius 2 is 1.48 bits per heavy atom. The van der Waals surface area contributed by atoms with Gasteiger partial charge in [0.05, 0.1) is 43.6 Å². The third-order valence-electron chi connectivity index (χ3n) is 10.7. The molecule has 7 rings (SSSR count). The molecule has 0 radical (unpaired) electrons. The number of anilines is 2. The topological polar surface area (TPSA) is 314 Å². The molecule has 4 unspecified atom stereocenters. The summed E-state index contributed by atoms with van der Waals surface area (Å²) in [6.07, 6.45) is 0.440. The second-order valence-electron chi connectivity index (χ2n) is 14.8. The van der Waals surface area contributed by atoms with Crippen LogP contribution in [0, 0.1) is 5.82 Å². The number of hydrogen-bond donors (Lipinski definition) is 9. The van der Waals surface area contributed by atoms with Gasteiger partial charge in [-0.05, 0) is 30.5 Å². The molecule has 0 aliphatic carbocycles. The molecule has 0 spiro atoms. The maximum Gasteiger partial charge on any atom is 0.240 e. The van der Waals surface area contributed by atoms with Crippen LogP contribution >= 0.6 is 0 Å². The van der Waals surface area contributed by atoms with Crippen LogP contribution in [0.15, 0.2) is 61.4 Å². The van der Waals surface area contributed by atoms with Crippen LogP contribution in [-0.4, -0.2) is 128 Å². The fourth-order valence-electron chi connectivity index (χ4n) is 7.59. The van der Waals surface area contributed by atoms with Gasteiger partial charge in [-0.1, -0.05) is 57.0 Å². The summed E-state index contributed by atoms with van der Waals surface area (Å²) in [6, 6.07) is 8.75. The molecule has 324 valence electrons. The van der Waals surface area contributed by atoms with Gasteiger partial charge >= 0.3 is 0 Å². The van der Waals surface area contributed by atoms with Crippen molar-refractivity contribution in [1.29, 1.82) is 0 Å². The molecule has 2 aromatic carbocycles. The van der Waals surface area contributed by atoms with Gasteiger partial charge < -0.3 is 63.1 Å². The van der Waals surface area contributed by atoms with E-state index >= 15 is 0 Å². The van der Waals surface area contributed by atoms with Crippen LogP contribution in [0.5, 0.6) is 0 Å². The molecule has 0 bridgehead atoms. The number of amides is 2. The van der Waals surface area contributed by atoms with Crippen molar-refractivity contribution >= 4 is 45.5 Å². The Hall–Kier alpha value is -5.39. The highest BCUT2D eigenvalue weighted by molar-refractivity contribution is 5.88.